The highest BCUT2D eigenvalue weighted by molar-refractivity contribution is 5.75. The Morgan fingerprint density at radius 3 is 3.00 bits per heavy atom. The zero-order valence-corrected chi connectivity index (χ0v) is 6.93. The molecule has 0 aromatic heterocycles. The van der Waals surface area contributed by atoms with Gasteiger partial charge >= 0.3 is 5.97 Å². The summed E-state index contributed by atoms with van der Waals surface area (Å²) in [6, 6.07) is -0.0532. The number of carbonyl (C=O) groups is 1. The number of carbonyl (C=O) groups excluding carboxylic acids is 1. The molecule has 1 atom stereocenters. The summed E-state index contributed by atoms with van der Waals surface area (Å²) in [5.74, 6) is -0.119. The highest BCUT2D eigenvalue weighted by Gasteiger charge is 2.19. The number of nitrogens with one attached hydrogen (secondary N) is 1. The van der Waals surface area contributed by atoms with Gasteiger partial charge in [-0.05, 0) is 19.4 Å². The number of hydrogen-bond acceptors (Lipinski definition) is 3. The first kappa shape index (κ1) is 8.53. The Morgan fingerprint density at radius 2 is 2.27 bits per heavy atom. The molecule has 0 aliphatic carbocycles. The Balaban J connectivity index is 2.36. The summed E-state index contributed by atoms with van der Waals surface area (Å²) in [5.41, 5.74) is 0. The molecule has 1 rings (SSSR count). The zero-order chi connectivity index (χ0) is 8.10. The van der Waals surface area contributed by atoms with Crippen LogP contribution >= 0.6 is 0 Å². The molecule has 3 heteroatoms. The van der Waals surface area contributed by atoms with Crippen LogP contribution in [0.2, 0.25) is 0 Å². The second-order valence-electron chi connectivity index (χ2n) is 2.88. The smallest absolute Gasteiger partial charge is 0.322 e. The monoisotopic (exact) mass is 157 g/mol. The van der Waals surface area contributed by atoms with Gasteiger partial charge in [-0.2, -0.15) is 0 Å². The van der Waals surface area contributed by atoms with Crippen LogP contribution in [-0.2, 0) is 9.53 Å². The molecule has 0 unspecified atom stereocenters. The van der Waals surface area contributed by atoms with E-state index in [1.165, 1.54) is 20.0 Å². The van der Waals surface area contributed by atoms with Crippen LogP contribution in [0.5, 0.6) is 0 Å². The third kappa shape index (κ3) is 2.50. The molecule has 0 spiro atoms. The van der Waals surface area contributed by atoms with Crippen LogP contribution in [0, 0.1) is 0 Å². The Hall–Kier alpha value is -0.570. The summed E-state index contributed by atoms with van der Waals surface area (Å²) in [4.78, 5) is 11.0. The molecule has 3 nitrogen and oxygen atoms in total. The lowest BCUT2D eigenvalue weighted by Crippen LogP contribution is -2.36. The average molecular weight is 157 g/mol. The van der Waals surface area contributed by atoms with E-state index in [9.17, 15) is 4.79 Å². The average Bonchev–Trinajstić information content (AvgIpc) is 2.30. The van der Waals surface area contributed by atoms with Crippen molar-refractivity contribution in [1.82, 2.24) is 5.32 Å². The van der Waals surface area contributed by atoms with Gasteiger partial charge in [0.15, 0.2) is 0 Å². The molecule has 1 aliphatic rings. The van der Waals surface area contributed by atoms with Gasteiger partial charge in [-0.15, -0.1) is 0 Å². The van der Waals surface area contributed by atoms with Crippen molar-refractivity contribution < 1.29 is 9.53 Å². The lowest BCUT2D eigenvalue weighted by Gasteiger charge is -2.11. The first-order chi connectivity index (χ1) is 5.34. The zero-order valence-electron chi connectivity index (χ0n) is 6.93. The molecular weight excluding hydrogens is 142 g/mol. The third-order valence-electron chi connectivity index (χ3n) is 2.05. The maximum absolute atomic E-state index is 11.0. The fourth-order valence-electron chi connectivity index (χ4n) is 1.37. The van der Waals surface area contributed by atoms with Crippen LogP contribution in [0.3, 0.4) is 0 Å². The Bertz CT molecular complexity index is 128. The minimum Gasteiger partial charge on any atom is -0.468 e. The van der Waals surface area contributed by atoms with Gasteiger partial charge in [0.05, 0.1) is 7.11 Å². The predicted octanol–water partition coefficient (Wildman–Crippen LogP) is 0.692. The van der Waals surface area contributed by atoms with Crippen molar-refractivity contribution in [2.75, 3.05) is 13.7 Å². The second-order valence-corrected chi connectivity index (χ2v) is 2.88. The molecule has 0 amide bonds. The Morgan fingerprint density at radius 1 is 1.45 bits per heavy atom. The minimum atomic E-state index is -0.119. The van der Waals surface area contributed by atoms with E-state index in [0.29, 0.717) is 0 Å². The van der Waals surface area contributed by atoms with Crippen molar-refractivity contribution in [3.05, 3.63) is 0 Å². The molecule has 0 aromatic carbocycles. The standard InChI is InChI=1S/C8H15NO2/c1-11-8(10)7-5-3-2-4-6-9-7/h7,9H,2-6H2,1H3/t7-/m1/s1. The lowest BCUT2D eigenvalue weighted by atomic mass is 10.1. The molecular formula is C8H15NO2. The van der Waals surface area contributed by atoms with Crippen LogP contribution in [-0.4, -0.2) is 25.7 Å². The fourth-order valence-corrected chi connectivity index (χ4v) is 1.37. The predicted molar refractivity (Wildman–Crippen MR) is 42.3 cm³/mol. The molecule has 64 valence electrons. The van der Waals surface area contributed by atoms with Crippen molar-refractivity contribution >= 4 is 5.97 Å². The summed E-state index contributed by atoms with van der Waals surface area (Å²) < 4.78 is 4.64. The van der Waals surface area contributed by atoms with E-state index in [0.717, 1.165) is 19.4 Å². The lowest BCUT2D eigenvalue weighted by molar-refractivity contribution is -0.143. The number of rotatable bonds is 1. The summed E-state index contributed by atoms with van der Waals surface area (Å²) in [7, 11) is 1.44. The fraction of sp³-hybridized carbons (Fsp3) is 0.875. The number of methoxy groups -OCH3 is 1. The molecule has 0 saturated carbocycles. The normalized spacial score (nSPS) is 25.7. The highest BCUT2D eigenvalue weighted by atomic mass is 16.5. The molecule has 1 fully saturated rings. The summed E-state index contributed by atoms with van der Waals surface area (Å²) in [6.07, 6.45) is 4.45. The first-order valence-corrected chi connectivity index (χ1v) is 4.16. The number of hydrogen-bond donors (Lipinski definition) is 1. The van der Waals surface area contributed by atoms with Crippen LogP contribution in [0.4, 0.5) is 0 Å². The second kappa shape index (κ2) is 4.34. The van der Waals surface area contributed by atoms with Gasteiger partial charge in [0, 0.05) is 0 Å². The molecule has 0 radical (unpaired) electrons. The van der Waals surface area contributed by atoms with Crippen molar-refractivity contribution in [3.63, 3.8) is 0 Å². The van der Waals surface area contributed by atoms with E-state index in [-0.39, 0.29) is 12.0 Å². The SMILES string of the molecule is COC(=O)[C@H]1CCCCCN1. The minimum absolute atomic E-state index is 0.0532. The van der Waals surface area contributed by atoms with E-state index in [2.05, 4.69) is 10.1 Å². The molecule has 11 heavy (non-hydrogen) atoms. The molecule has 1 N–H and O–H groups in total. The van der Waals surface area contributed by atoms with Crippen molar-refractivity contribution in [2.45, 2.75) is 31.7 Å². The summed E-state index contributed by atoms with van der Waals surface area (Å²) >= 11 is 0. The topological polar surface area (TPSA) is 38.3 Å². The van der Waals surface area contributed by atoms with Crippen molar-refractivity contribution in [2.24, 2.45) is 0 Å². The van der Waals surface area contributed by atoms with Gasteiger partial charge in [-0.25, -0.2) is 0 Å². The van der Waals surface area contributed by atoms with Gasteiger partial charge in [0.25, 0.3) is 0 Å². The Labute approximate surface area is 67.1 Å². The number of esters is 1. The van der Waals surface area contributed by atoms with Gasteiger partial charge < -0.3 is 10.1 Å². The third-order valence-corrected chi connectivity index (χ3v) is 2.05. The van der Waals surface area contributed by atoms with Crippen LogP contribution < -0.4 is 5.32 Å². The maximum Gasteiger partial charge on any atom is 0.322 e. The van der Waals surface area contributed by atoms with Crippen molar-refractivity contribution in [1.29, 1.82) is 0 Å². The quantitative estimate of drug-likeness (QED) is 0.569. The molecule has 0 aromatic rings. The van der Waals surface area contributed by atoms with E-state index in [1.807, 2.05) is 0 Å². The largest absolute Gasteiger partial charge is 0.468 e. The molecule has 0 bridgehead atoms. The summed E-state index contributed by atoms with van der Waals surface area (Å²) in [5, 5.41) is 3.16. The molecule has 1 aliphatic heterocycles. The van der Waals surface area contributed by atoms with Gasteiger partial charge in [-0.1, -0.05) is 12.8 Å². The Kier molecular flexibility index (Phi) is 3.36. The molecule has 1 heterocycles. The van der Waals surface area contributed by atoms with E-state index in [1.54, 1.807) is 0 Å². The van der Waals surface area contributed by atoms with Crippen LogP contribution in [0.15, 0.2) is 0 Å². The van der Waals surface area contributed by atoms with Crippen LogP contribution in [0.25, 0.3) is 0 Å². The van der Waals surface area contributed by atoms with Crippen LogP contribution in [0.1, 0.15) is 25.7 Å². The molecule has 1 saturated heterocycles. The van der Waals surface area contributed by atoms with Crippen molar-refractivity contribution in [3.8, 4) is 0 Å². The van der Waals surface area contributed by atoms with E-state index >= 15 is 0 Å². The highest BCUT2D eigenvalue weighted by Crippen LogP contribution is 2.08. The van der Waals surface area contributed by atoms with Gasteiger partial charge in [0.2, 0.25) is 0 Å². The van der Waals surface area contributed by atoms with Gasteiger partial charge in [0.1, 0.15) is 6.04 Å². The first-order valence-electron chi connectivity index (χ1n) is 4.16. The van der Waals surface area contributed by atoms with E-state index in [4.69, 9.17) is 0 Å². The number of ether oxygens (including phenoxy) is 1. The summed E-state index contributed by atoms with van der Waals surface area (Å²) in [6.45, 7) is 0.944. The maximum atomic E-state index is 11.0. The van der Waals surface area contributed by atoms with Gasteiger partial charge in [-0.3, -0.25) is 4.79 Å². The van der Waals surface area contributed by atoms with E-state index < -0.39 is 0 Å².